The Morgan fingerprint density at radius 3 is 2.67 bits per heavy atom. The number of halogens is 1. The maximum absolute atomic E-state index is 9.58. The lowest BCUT2D eigenvalue weighted by atomic mass is 9.76. The topological polar surface area (TPSA) is 20.2 Å². The molecule has 1 nitrogen and oxygen atoms in total. The van der Waals surface area contributed by atoms with Gasteiger partial charge in [0.25, 0.3) is 0 Å². The molecule has 0 saturated carbocycles. The van der Waals surface area contributed by atoms with Crippen LogP contribution in [0.4, 0.5) is 0 Å². The van der Waals surface area contributed by atoms with Crippen LogP contribution in [0.15, 0.2) is 48.6 Å². The Balaban J connectivity index is 2.47. The van der Waals surface area contributed by atoms with Gasteiger partial charge in [-0.05, 0) is 18.1 Å². The highest BCUT2D eigenvalue weighted by Gasteiger charge is 2.30. The normalized spacial score (nSPS) is 24.4. The Bertz CT molecular complexity index is 409. The highest BCUT2D eigenvalue weighted by atomic mass is 35.5. The fraction of sp³-hybridized carbons (Fsp3) is 0.231. The number of rotatable bonds is 2. The maximum Gasteiger partial charge on any atom is 0.0566 e. The highest BCUT2D eigenvalue weighted by Crippen LogP contribution is 2.36. The number of benzene rings is 1. The van der Waals surface area contributed by atoms with E-state index in [1.54, 1.807) is 0 Å². The summed E-state index contributed by atoms with van der Waals surface area (Å²) < 4.78 is 0. The molecular formula is C13H13ClO. The summed E-state index contributed by atoms with van der Waals surface area (Å²) in [5.74, 6) is 0. The first kappa shape index (κ1) is 10.5. The van der Waals surface area contributed by atoms with E-state index in [1.165, 1.54) is 0 Å². The van der Waals surface area contributed by atoms with Crippen LogP contribution >= 0.6 is 11.6 Å². The molecule has 1 aromatic rings. The molecule has 0 fully saturated rings. The van der Waals surface area contributed by atoms with Crippen LogP contribution in [0.1, 0.15) is 12.0 Å². The Morgan fingerprint density at radius 2 is 2.07 bits per heavy atom. The molecule has 0 heterocycles. The third-order valence-electron chi connectivity index (χ3n) is 2.84. The maximum atomic E-state index is 9.58. The average molecular weight is 221 g/mol. The molecule has 0 aromatic heterocycles. The fourth-order valence-electron chi connectivity index (χ4n) is 1.93. The molecule has 1 aliphatic rings. The molecule has 1 atom stereocenters. The smallest absolute Gasteiger partial charge is 0.0566 e. The molecule has 1 N–H and O–H groups in total. The Kier molecular flexibility index (Phi) is 2.94. The van der Waals surface area contributed by atoms with E-state index in [1.807, 2.05) is 42.5 Å². The molecular weight excluding hydrogens is 208 g/mol. The van der Waals surface area contributed by atoms with Gasteiger partial charge in [0.2, 0.25) is 0 Å². The van der Waals surface area contributed by atoms with Crippen LogP contribution in [-0.4, -0.2) is 11.7 Å². The number of hydrogen-bond acceptors (Lipinski definition) is 1. The Morgan fingerprint density at radius 1 is 1.27 bits per heavy atom. The minimum absolute atomic E-state index is 0.0809. The molecule has 0 aliphatic heterocycles. The standard InChI is InChI=1S/C13H13ClO/c14-12-7-3-2-6-11(12)13(10-15)8-4-1-5-9-13/h1-8,15H,9-10H2/t13-/m0/s1. The second-order valence-corrected chi connectivity index (χ2v) is 4.19. The third-order valence-corrected chi connectivity index (χ3v) is 3.17. The molecule has 2 heteroatoms. The first-order valence-corrected chi connectivity index (χ1v) is 5.36. The number of allylic oxidation sites excluding steroid dienone is 3. The number of aliphatic hydroxyl groups excluding tert-OH is 1. The van der Waals surface area contributed by atoms with Crippen LogP contribution in [-0.2, 0) is 5.41 Å². The average Bonchev–Trinajstić information content (AvgIpc) is 2.30. The van der Waals surface area contributed by atoms with Crippen molar-refractivity contribution in [1.29, 1.82) is 0 Å². The van der Waals surface area contributed by atoms with E-state index in [-0.39, 0.29) is 12.0 Å². The van der Waals surface area contributed by atoms with E-state index in [0.29, 0.717) is 5.02 Å². The zero-order chi connectivity index (χ0) is 10.7. The van der Waals surface area contributed by atoms with Crippen LogP contribution in [0.2, 0.25) is 5.02 Å². The van der Waals surface area contributed by atoms with Gasteiger partial charge in [0, 0.05) is 10.4 Å². The van der Waals surface area contributed by atoms with Crippen LogP contribution in [0.5, 0.6) is 0 Å². The van der Waals surface area contributed by atoms with Crippen LogP contribution in [0, 0.1) is 0 Å². The van der Waals surface area contributed by atoms with Gasteiger partial charge in [-0.2, -0.15) is 0 Å². The van der Waals surface area contributed by atoms with Gasteiger partial charge in [-0.15, -0.1) is 0 Å². The summed E-state index contributed by atoms with van der Waals surface area (Å²) in [7, 11) is 0. The SMILES string of the molecule is OC[C@]1(c2ccccc2Cl)C=CC=CC1. The molecule has 0 saturated heterocycles. The summed E-state index contributed by atoms with van der Waals surface area (Å²) in [6.45, 7) is 0.0809. The summed E-state index contributed by atoms with van der Waals surface area (Å²) >= 11 is 6.16. The Hall–Kier alpha value is -1.05. The quantitative estimate of drug-likeness (QED) is 0.812. The van der Waals surface area contributed by atoms with Crippen LogP contribution < -0.4 is 0 Å². The fourth-order valence-corrected chi connectivity index (χ4v) is 2.26. The largest absolute Gasteiger partial charge is 0.395 e. The van der Waals surface area contributed by atoms with Crippen LogP contribution in [0.3, 0.4) is 0 Å². The first-order chi connectivity index (χ1) is 7.28. The van der Waals surface area contributed by atoms with Gasteiger partial charge in [0.05, 0.1) is 6.61 Å². The van der Waals surface area contributed by atoms with E-state index in [9.17, 15) is 5.11 Å². The van der Waals surface area contributed by atoms with Gasteiger partial charge in [-0.3, -0.25) is 0 Å². The first-order valence-electron chi connectivity index (χ1n) is 4.99. The highest BCUT2D eigenvalue weighted by molar-refractivity contribution is 6.31. The minimum Gasteiger partial charge on any atom is -0.395 e. The molecule has 0 bridgehead atoms. The van der Waals surface area contributed by atoms with Crippen molar-refractivity contribution in [3.05, 3.63) is 59.2 Å². The lowest BCUT2D eigenvalue weighted by Gasteiger charge is -2.30. The summed E-state index contributed by atoms with van der Waals surface area (Å²) in [6.07, 6.45) is 8.82. The van der Waals surface area contributed by atoms with Gasteiger partial charge in [0.1, 0.15) is 0 Å². The van der Waals surface area contributed by atoms with Gasteiger partial charge in [-0.1, -0.05) is 54.1 Å². The van der Waals surface area contributed by atoms with E-state index in [0.717, 1.165) is 12.0 Å². The van der Waals surface area contributed by atoms with E-state index >= 15 is 0 Å². The molecule has 0 spiro atoms. The Labute approximate surface area is 94.7 Å². The number of hydrogen-bond donors (Lipinski definition) is 1. The lowest BCUT2D eigenvalue weighted by Crippen LogP contribution is -2.29. The monoisotopic (exact) mass is 220 g/mol. The molecule has 0 unspecified atom stereocenters. The summed E-state index contributed by atoms with van der Waals surface area (Å²) in [4.78, 5) is 0. The van der Waals surface area contributed by atoms with Crippen molar-refractivity contribution in [2.45, 2.75) is 11.8 Å². The minimum atomic E-state index is -0.340. The van der Waals surface area contributed by atoms with Crippen molar-refractivity contribution in [2.75, 3.05) is 6.61 Å². The van der Waals surface area contributed by atoms with E-state index < -0.39 is 0 Å². The second kappa shape index (κ2) is 4.21. The zero-order valence-electron chi connectivity index (χ0n) is 8.36. The predicted molar refractivity (Wildman–Crippen MR) is 63.1 cm³/mol. The van der Waals surface area contributed by atoms with Crippen molar-refractivity contribution < 1.29 is 5.11 Å². The van der Waals surface area contributed by atoms with Crippen LogP contribution in [0.25, 0.3) is 0 Å². The van der Waals surface area contributed by atoms with E-state index in [2.05, 4.69) is 6.08 Å². The molecule has 15 heavy (non-hydrogen) atoms. The lowest BCUT2D eigenvalue weighted by molar-refractivity contribution is 0.225. The van der Waals surface area contributed by atoms with Crippen molar-refractivity contribution >= 4 is 11.6 Å². The predicted octanol–water partition coefficient (Wildman–Crippen LogP) is 3.09. The van der Waals surface area contributed by atoms with Crippen molar-refractivity contribution in [1.82, 2.24) is 0 Å². The van der Waals surface area contributed by atoms with Gasteiger partial charge in [0.15, 0.2) is 0 Å². The molecule has 2 rings (SSSR count). The molecule has 78 valence electrons. The molecule has 0 radical (unpaired) electrons. The van der Waals surface area contributed by atoms with Gasteiger partial charge < -0.3 is 5.11 Å². The second-order valence-electron chi connectivity index (χ2n) is 3.79. The molecule has 0 amide bonds. The number of aliphatic hydroxyl groups is 1. The van der Waals surface area contributed by atoms with Crippen molar-refractivity contribution in [2.24, 2.45) is 0 Å². The summed E-state index contributed by atoms with van der Waals surface area (Å²) in [5, 5.41) is 10.3. The van der Waals surface area contributed by atoms with Gasteiger partial charge >= 0.3 is 0 Å². The zero-order valence-corrected chi connectivity index (χ0v) is 9.11. The van der Waals surface area contributed by atoms with Gasteiger partial charge in [-0.25, -0.2) is 0 Å². The molecule has 1 aromatic carbocycles. The summed E-state index contributed by atoms with van der Waals surface area (Å²) in [5.41, 5.74) is 0.655. The summed E-state index contributed by atoms with van der Waals surface area (Å²) in [6, 6.07) is 7.69. The van der Waals surface area contributed by atoms with E-state index in [4.69, 9.17) is 11.6 Å². The third kappa shape index (κ3) is 1.85. The van der Waals surface area contributed by atoms with Crippen molar-refractivity contribution in [3.8, 4) is 0 Å². The molecule has 1 aliphatic carbocycles. The van der Waals surface area contributed by atoms with Crippen molar-refractivity contribution in [3.63, 3.8) is 0 Å².